The highest BCUT2D eigenvalue weighted by molar-refractivity contribution is 6.68. The highest BCUT2D eigenvalue weighted by Gasteiger charge is 2.40. The molecule has 12 rings (SSSR count). The fourth-order valence-electron chi connectivity index (χ4n) is 11.1. The predicted octanol–water partition coefficient (Wildman–Crippen LogP) is 15.5. The number of hydrogen-bond acceptors (Lipinski definition) is 5. The number of ether oxygens (including phenoxy) is 1. The molecule has 0 spiro atoms. The van der Waals surface area contributed by atoms with E-state index in [-0.39, 0.29) is 23.1 Å². The van der Waals surface area contributed by atoms with Gasteiger partial charge in [-0.05, 0) is 117 Å². The summed E-state index contributed by atoms with van der Waals surface area (Å²) in [5.74, 6) is 8.31. The van der Waals surface area contributed by atoms with E-state index in [0.717, 1.165) is 50.8 Å². The molecule has 6 aromatic carbocycles. The zero-order chi connectivity index (χ0) is 47.2. The Kier molecular flexibility index (Phi) is 9.96. The number of rotatable bonds is 7. The molecule has 5 heterocycles. The van der Waals surface area contributed by atoms with Crippen LogP contribution in [0.2, 0.25) is 0 Å². The van der Waals surface area contributed by atoms with Gasteiger partial charge in [0, 0.05) is 46.6 Å². The SMILES string of the molecule is CC(C)(C)c1ccnc(-n2c3ccccc3c3ccc(Oc4cccc(N5CN(C6=C(c7ccc8c(c7)C(C)(C)CCC8(C)C)C=CB7C=CC(c8ccccc8)=CN76)c6ccccc65)c4)cc32)c1. The molecule has 0 saturated carbocycles. The van der Waals surface area contributed by atoms with Crippen molar-refractivity contribution in [1.29, 1.82) is 0 Å². The van der Waals surface area contributed by atoms with Crippen LogP contribution in [0.4, 0.5) is 17.1 Å². The molecule has 3 aliphatic heterocycles. The van der Waals surface area contributed by atoms with Gasteiger partial charge in [-0.1, -0.05) is 157 Å². The minimum atomic E-state index is -0.0118. The van der Waals surface area contributed by atoms with Gasteiger partial charge < -0.3 is 19.3 Å². The van der Waals surface area contributed by atoms with Crippen molar-refractivity contribution in [3.63, 3.8) is 0 Å². The zero-order valence-electron chi connectivity index (χ0n) is 40.7. The second kappa shape index (κ2) is 16.1. The molecular formula is C62H58BN5O. The van der Waals surface area contributed by atoms with Crippen molar-refractivity contribution in [3.8, 4) is 17.3 Å². The quantitative estimate of drug-likeness (QED) is 0.149. The Morgan fingerprint density at radius 1 is 0.594 bits per heavy atom. The lowest BCUT2D eigenvalue weighted by Crippen LogP contribution is -2.44. The molecule has 8 aromatic rings. The molecule has 0 fully saturated rings. The molecule has 6 nitrogen and oxygen atoms in total. The molecule has 0 radical (unpaired) electrons. The fraction of sp³-hybridized carbons (Fsp3) is 0.210. The van der Waals surface area contributed by atoms with E-state index in [1.807, 2.05) is 6.20 Å². The summed E-state index contributed by atoms with van der Waals surface area (Å²) in [7, 11) is 0. The zero-order valence-corrected chi connectivity index (χ0v) is 40.7. The molecule has 0 unspecified atom stereocenters. The van der Waals surface area contributed by atoms with Gasteiger partial charge in [0.15, 0.2) is 0 Å². The Morgan fingerprint density at radius 3 is 2.12 bits per heavy atom. The van der Waals surface area contributed by atoms with E-state index in [4.69, 9.17) is 9.72 Å². The number of para-hydroxylation sites is 3. The molecule has 7 heteroatoms. The first-order valence-electron chi connectivity index (χ1n) is 24.5. The molecule has 2 aromatic heterocycles. The minimum absolute atomic E-state index is 0.0118. The smallest absolute Gasteiger partial charge is 0.314 e. The number of nitrogens with zero attached hydrogens (tertiary/aromatic N) is 5. The van der Waals surface area contributed by atoms with Crippen molar-refractivity contribution in [2.75, 3.05) is 16.5 Å². The van der Waals surface area contributed by atoms with E-state index in [9.17, 15) is 0 Å². The minimum Gasteiger partial charge on any atom is -0.457 e. The number of aromatic nitrogens is 2. The number of benzene rings is 6. The van der Waals surface area contributed by atoms with E-state index in [1.165, 1.54) is 63.0 Å². The van der Waals surface area contributed by atoms with Gasteiger partial charge in [-0.2, -0.15) is 0 Å². The van der Waals surface area contributed by atoms with E-state index in [1.54, 1.807) is 0 Å². The van der Waals surface area contributed by atoms with Gasteiger partial charge in [0.25, 0.3) is 0 Å². The third kappa shape index (κ3) is 7.38. The Hall–Kier alpha value is -7.51. The van der Waals surface area contributed by atoms with Crippen LogP contribution in [0.5, 0.6) is 11.5 Å². The van der Waals surface area contributed by atoms with Crippen LogP contribution >= 0.6 is 0 Å². The fourth-order valence-corrected chi connectivity index (χ4v) is 11.1. The van der Waals surface area contributed by atoms with Crippen molar-refractivity contribution in [3.05, 3.63) is 222 Å². The van der Waals surface area contributed by atoms with Crippen molar-refractivity contribution in [2.24, 2.45) is 0 Å². The summed E-state index contributed by atoms with van der Waals surface area (Å²) in [5, 5.41) is 2.35. The van der Waals surface area contributed by atoms with Gasteiger partial charge in [0.2, 0.25) is 0 Å². The van der Waals surface area contributed by atoms with Crippen LogP contribution in [0.15, 0.2) is 194 Å². The van der Waals surface area contributed by atoms with Gasteiger partial charge in [0.1, 0.15) is 29.8 Å². The molecule has 0 atom stereocenters. The molecular weight excluding hydrogens is 842 g/mol. The lowest BCUT2D eigenvalue weighted by Gasteiger charge is -2.43. The third-order valence-corrected chi connectivity index (χ3v) is 15.1. The number of allylic oxidation sites excluding steroid dienone is 4. The van der Waals surface area contributed by atoms with E-state index in [0.29, 0.717) is 6.67 Å². The maximum atomic E-state index is 6.84. The summed E-state index contributed by atoms with van der Waals surface area (Å²) in [6, 6.07) is 54.8. The van der Waals surface area contributed by atoms with E-state index in [2.05, 4.69) is 250 Å². The van der Waals surface area contributed by atoms with E-state index >= 15 is 0 Å². The number of pyridine rings is 1. The number of anilines is 3. The first kappa shape index (κ1) is 42.8. The third-order valence-electron chi connectivity index (χ3n) is 15.1. The second-order valence-corrected chi connectivity index (χ2v) is 21.6. The van der Waals surface area contributed by atoms with Crippen molar-refractivity contribution in [2.45, 2.75) is 77.6 Å². The average molecular weight is 900 g/mol. The maximum Gasteiger partial charge on any atom is 0.314 e. The topological polar surface area (TPSA) is 36.8 Å². The molecule has 69 heavy (non-hydrogen) atoms. The largest absolute Gasteiger partial charge is 0.457 e. The van der Waals surface area contributed by atoms with Crippen LogP contribution in [0.3, 0.4) is 0 Å². The van der Waals surface area contributed by atoms with Gasteiger partial charge in [-0.15, -0.1) is 0 Å². The highest BCUT2D eigenvalue weighted by atomic mass is 16.5. The van der Waals surface area contributed by atoms with Gasteiger partial charge in [-0.25, -0.2) is 4.98 Å². The summed E-state index contributed by atoms with van der Waals surface area (Å²) in [4.78, 5) is 12.4. The van der Waals surface area contributed by atoms with Gasteiger partial charge in [-0.3, -0.25) is 4.57 Å². The first-order valence-corrected chi connectivity index (χ1v) is 24.5. The Balaban J connectivity index is 0.940. The summed E-state index contributed by atoms with van der Waals surface area (Å²) in [6.45, 7) is 17.1. The lowest BCUT2D eigenvalue weighted by molar-refractivity contribution is 0.332. The Morgan fingerprint density at radius 2 is 1.30 bits per heavy atom. The molecule has 0 saturated heterocycles. The van der Waals surface area contributed by atoms with Crippen molar-refractivity contribution >= 4 is 56.9 Å². The normalized spacial score (nSPS) is 17.1. The average Bonchev–Trinajstić information content (AvgIpc) is 3.91. The Bertz CT molecular complexity index is 3480. The highest BCUT2D eigenvalue weighted by Crippen LogP contribution is 2.50. The number of hydrogen-bond donors (Lipinski definition) is 0. The van der Waals surface area contributed by atoms with Gasteiger partial charge >= 0.3 is 6.85 Å². The van der Waals surface area contributed by atoms with E-state index < -0.39 is 0 Å². The molecule has 4 aliphatic rings. The van der Waals surface area contributed by atoms with Crippen LogP contribution < -0.4 is 14.5 Å². The van der Waals surface area contributed by atoms with Crippen LogP contribution in [0.1, 0.15) is 89.1 Å². The molecule has 0 bridgehead atoms. The monoisotopic (exact) mass is 899 g/mol. The van der Waals surface area contributed by atoms with Gasteiger partial charge in [0.05, 0.1) is 22.4 Å². The molecule has 0 amide bonds. The molecule has 0 N–H and O–H groups in total. The molecule has 1 aliphatic carbocycles. The lowest BCUT2D eigenvalue weighted by atomic mass is 9.56. The van der Waals surface area contributed by atoms with Crippen LogP contribution in [0.25, 0.3) is 38.8 Å². The standard InChI is InChI=1S/C62H58BN5O/c1-60(2,3)45-30-35-64-58(37-45)68-54-21-12-11-20-50(54)51-26-25-48(39-57(51)68)69-47-19-15-18-46(38-47)65-41-66(56-23-14-13-22-55(56)65)59-49(43-24-27-52-53(36-43)62(6,7)32-31-61(52,4)5)29-34-63-33-28-44(40-67(59)63)42-16-9-8-10-17-42/h8-30,33-40H,31-32,41H2,1-7H3. The van der Waals surface area contributed by atoms with Crippen LogP contribution in [-0.4, -0.2) is 27.9 Å². The summed E-state index contributed by atoms with van der Waals surface area (Å²) in [6.07, 6.45) is 11.3. The van der Waals surface area contributed by atoms with Crippen LogP contribution in [-0.2, 0) is 16.2 Å². The maximum absolute atomic E-state index is 6.84. The first-order chi connectivity index (χ1) is 33.3. The summed E-state index contributed by atoms with van der Waals surface area (Å²) < 4.78 is 9.12. The van der Waals surface area contributed by atoms with Crippen molar-refractivity contribution in [1.82, 2.24) is 14.4 Å². The number of fused-ring (bicyclic) bond motifs is 6. The molecule has 340 valence electrons. The van der Waals surface area contributed by atoms with Crippen molar-refractivity contribution < 1.29 is 4.74 Å². The van der Waals surface area contributed by atoms with Crippen LogP contribution in [0, 0.1) is 0 Å². The summed E-state index contributed by atoms with van der Waals surface area (Å²) >= 11 is 0. The Labute approximate surface area is 407 Å². The predicted molar refractivity (Wildman–Crippen MR) is 289 cm³/mol. The summed E-state index contributed by atoms with van der Waals surface area (Å²) in [5.41, 5.74) is 14.8. The second-order valence-electron chi connectivity index (χ2n) is 21.6.